The molecule has 1 aromatic carbocycles. The van der Waals surface area contributed by atoms with E-state index in [1.807, 2.05) is 14.0 Å². The van der Waals surface area contributed by atoms with E-state index in [1.54, 1.807) is 13.1 Å². The number of halogens is 1. The van der Waals surface area contributed by atoms with Crippen LogP contribution in [0.3, 0.4) is 0 Å². The summed E-state index contributed by atoms with van der Waals surface area (Å²) in [5, 5.41) is 2.98. The largest absolute Gasteiger partial charge is 0.320 e. The number of benzene rings is 1. The summed E-state index contributed by atoms with van der Waals surface area (Å²) < 4.78 is 40.8. The monoisotopic (exact) mass is 317 g/mol. The van der Waals surface area contributed by atoms with Crippen LogP contribution in [0.25, 0.3) is 0 Å². The van der Waals surface area contributed by atoms with E-state index in [0.717, 1.165) is 24.1 Å². The molecular formula is C14H24FN3O2S. The number of hydrogen-bond donors (Lipinski definition) is 2. The normalized spacial score (nSPS) is 12.0. The lowest BCUT2D eigenvalue weighted by Crippen LogP contribution is -2.40. The van der Waals surface area contributed by atoms with Gasteiger partial charge in [0.1, 0.15) is 5.82 Å². The average molecular weight is 317 g/mol. The first-order valence-corrected chi connectivity index (χ1v) is 8.41. The molecule has 0 bridgehead atoms. The molecule has 21 heavy (non-hydrogen) atoms. The molecular weight excluding hydrogens is 293 g/mol. The number of nitrogens with one attached hydrogen (secondary N) is 2. The highest BCUT2D eigenvalue weighted by Gasteiger charge is 2.16. The number of hydrogen-bond acceptors (Lipinski definition) is 3. The van der Waals surface area contributed by atoms with Crippen LogP contribution in [0.2, 0.25) is 0 Å². The van der Waals surface area contributed by atoms with Gasteiger partial charge >= 0.3 is 0 Å². The van der Waals surface area contributed by atoms with Gasteiger partial charge in [0.2, 0.25) is 0 Å². The molecule has 0 aliphatic heterocycles. The highest BCUT2D eigenvalue weighted by molar-refractivity contribution is 7.87. The molecule has 1 rings (SSSR count). The molecule has 0 amide bonds. The quantitative estimate of drug-likeness (QED) is 0.669. The molecule has 5 nitrogen and oxygen atoms in total. The smallest absolute Gasteiger partial charge is 0.279 e. The predicted molar refractivity (Wildman–Crippen MR) is 82.9 cm³/mol. The zero-order chi connectivity index (χ0) is 15.9. The third kappa shape index (κ3) is 6.09. The Labute approximate surface area is 126 Å². The van der Waals surface area contributed by atoms with E-state index in [0.29, 0.717) is 19.5 Å². The molecule has 0 saturated heterocycles. The lowest BCUT2D eigenvalue weighted by atomic mass is 10.1. The average Bonchev–Trinajstić information content (AvgIpc) is 2.41. The lowest BCUT2D eigenvalue weighted by molar-refractivity contribution is 0.448. The van der Waals surface area contributed by atoms with Gasteiger partial charge in [-0.2, -0.15) is 12.7 Å². The third-order valence-corrected chi connectivity index (χ3v) is 4.87. The molecule has 0 unspecified atom stereocenters. The number of nitrogens with zero attached hydrogens (tertiary/aromatic N) is 1. The molecule has 0 spiro atoms. The molecule has 2 N–H and O–H groups in total. The molecule has 0 aliphatic carbocycles. The predicted octanol–water partition coefficient (Wildman–Crippen LogP) is 1.05. The maximum Gasteiger partial charge on any atom is 0.279 e. The summed E-state index contributed by atoms with van der Waals surface area (Å²) in [5.41, 5.74) is 1.77. The van der Waals surface area contributed by atoms with Crippen LogP contribution in [0.5, 0.6) is 0 Å². The first-order chi connectivity index (χ1) is 9.86. The van der Waals surface area contributed by atoms with Gasteiger partial charge < -0.3 is 5.32 Å². The summed E-state index contributed by atoms with van der Waals surface area (Å²) in [4.78, 5) is 0. The maximum atomic E-state index is 13.0. The van der Waals surface area contributed by atoms with Gasteiger partial charge in [-0.1, -0.05) is 6.07 Å². The fourth-order valence-electron chi connectivity index (χ4n) is 1.96. The van der Waals surface area contributed by atoms with Gasteiger partial charge in [-0.05, 0) is 56.6 Å². The van der Waals surface area contributed by atoms with Gasteiger partial charge in [-0.15, -0.1) is 0 Å². The Kier molecular flexibility index (Phi) is 7.24. The second kappa shape index (κ2) is 8.43. The van der Waals surface area contributed by atoms with Gasteiger partial charge in [0, 0.05) is 20.1 Å². The molecule has 1 aromatic rings. The van der Waals surface area contributed by atoms with Crippen molar-refractivity contribution in [2.75, 3.05) is 33.7 Å². The van der Waals surface area contributed by atoms with E-state index in [9.17, 15) is 12.8 Å². The summed E-state index contributed by atoms with van der Waals surface area (Å²) in [7, 11) is -0.0626. The van der Waals surface area contributed by atoms with Crippen LogP contribution in [0.15, 0.2) is 18.2 Å². The van der Waals surface area contributed by atoms with Crippen LogP contribution < -0.4 is 10.0 Å². The van der Waals surface area contributed by atoms with E-state index < -0.39 is 10.2 Å². The van der Waals surface area contributed by atoms with Crippen molar-refractivity contribution < 1.29 is 12.8 Å². The van der Waals surface area contributed by atoms with E-state index in [2.05, 4.69) is 10.0 Å². The molecule has 7 heteroatoms. The molecule has 0 heterocycles. The van der Waals surface area contributed by atoms with E-state index in [1.165, 1.54) is 16.4 Å². The zero-order valence-electron chi connectivity index (χ0n) is 12.8. The molecule has 0 radical (unpaired) electrons. The van der Waals surface area contributed by atoms with Gasteiger partial charge in [0.25, 0.3) is 10.2 Å². The van der Waals surface area contributed by atoms with Crippen molar-refractivity contribution in [2.24, 2.45) is 0 Å². The van der Waals surface area contributed by atoms with Crippen LogP contribution >= 0.6 is 0 Å². The van der Waals surface area contributed by atoms with E-state index >= 15 is 0 Å². The van der Waals surface area contributed by atoms with Crippen molar-refractivity contribution in [1.82, 2.24) is 14.3 Å². The van der Waals surface area contributed by atoms with Crippen molar-refractivity contribution in [3.8, 4) is 0 Å². The van der Waals surface area contributed by atoms with Crippen LogP contribution in [0.1, 0.15) is 17.5 Å². The third-order valence-electron chi connectivity index (χ3n) is 3.29. The molecule has 0 aromatic heterocycles. The fourth-order valence-corrected chi connectivity index (χ4v) is 2.91. The first kappa shape index (κ1) is 18.0. The minimum Gasteiger partial charge on any atom is -0.320 e. The highest BCUT2D eigenvalue weighted by Crippen LogP contribution is 2.10. The minimum atomic E-state index is -3.45. The van der Waals surface area contributed by atoms with Crippen molar-refractivity contribution >= 4 is 10.2 Å². The summed E-state index contributed by atoms with van der Waals surface area (Å²) in [6.07, 6.45) is 1.29. The molecule has 0 fully saturated rings. The molecule has 120 valence electrons. The summed E-state index contributed by atoms with van der Waals surface area (Å²) in [6, 6.07) is 4.53. The van der Waals surface area contributed by atoms with Crippen molar-refractivity contribution in [1.29, 1.82) is 0 Å². The highest BCUT2D eigenvalue weighted by atomic mass is 32.2. The maximum absolute atomic E-state index is 13.0. The van der Waals surface area contributed by atoms with Crippen LogP contribution in [0.4, 0.5) is 4.39 Å². The Morgan fingerprint density at radius 2 is 2.00 bits per heavy atom. The zero-order valence-corrected chi connectivity index (χ0v) is 13.6. The molecule has 0 atom stereocenters. The molecule has 0 aliphatic rings. The Balaban J connectivity index is 2.46. The Morgan fingerprint density at radius 3 is 2.62 bits per heavy atom. The van der Waals surface area contributed by atoms with E-state index in [-0.39, 0.29) is 5.82 Å². The second-order valence-electron chi connectivity index (χ2n) is 5.00. The van der Waals surface area contributed by atoms with Crippen molar-refractivity contribution in [2.45, 2.75) is 19.8 Å². The van der Waals surface area contributed by atoms with Gasteiger partial charge in [-0.25, -0.2) is 9.11 Å². The Bertz CT molecular complexity index is 549. The topological polar surface area (TPSA) is 61.4 Å². The van der Waals surface area contributed by atoms with Crippen LogP contribution in [0, 0.1) is 12.7 Å². The van der Waals surface area contributed by atoms with Gasteiger partial charge in [0.15, 0.2) is 0 Å². The van der Waals surface area contributed by atoms with Gasteiger partial charge in [0.05, 0.1) is 0 Å². The van der Waals surface area contributed by atoms with Crippen molar-refractivity contribution in [3.63, 3.8) is 0 Å². The second-order valence-corrected chi connectivity index (χ2v) is 6.86. The first-order valence-electron chi connectivity index (χ1n) is 6.97. The van der Waals surface area contributed by atoms with E-state index in [4.69, 9.17) is 0 Å². The fraction of sp³-hybridized carbons (Fsp3) is 0.571. The standard InChI is InChI=1S/C14H24FN3O2S/c1-12-11-14(15)6-5-13(12)7-9-17-21(19,20)18(3)10-4-8-16-2/h5-6,11,16-17H,4,7-10H2,1-3H3. The van der Waals surface area contributed by atoms with Gasteiger partial charge in [-0.3, -0.25) is 0 Å². The summed E-state index contributed by atoms with van der Waals surface area (Å²) >= 11 is 0. The number of rotatable bonds is 9. The SMILES string of the molecule is CNCCCN(C)S(=O)(=O)NCCc1ccc(F)cc1C. The summed E-state index contributed by atoms with van der Waals surface area (Å²) in [5.74, 6) is -0.277. The minimum absolute atomic E-state index is 0.277. The van der Waals surface area contributed by atoms with Crippen LogP contribution in [-0.4, -0.2) is 46.5 Å². The Morgan fingerprint density at radius 1 is 1.29 bits per heavy atom. The summed E-state index contributed by atoms with van der Waals surface area (Å²) in [6.45, 7) is 3.35. The molecule has 0 saturated carbocycles. The van der Waals surface area contributed by atoms with Crippen molar-refractivity contribution in [3.05, 3.63) is 35.1 Å². The Hall–Kier alpha value is -1.02. The number of aryl methyl sites for hydroxylation is 1. The lowest BCUT2D eigenvalue weighted by Gasteiger charge is -2.17. The van der Waals surface area contributed by atoms with Crippen LogP contribution in [-0.2, 0) is 16.6 Å².